The van der Waals surface area contributed by atoms with E-state index in [9.17, 15) is 4.79 Å². The normalized spacial score (nSPS) is 10.7. The van der Waals surface area contributed by atoms with Crippen molar-refractivity contribution in [1.82, 2.24) is 0 Å². The molecule has 0 bridgehead atoms. The molecule has 0 aliphatic rings. The number of nitrogens with two attached hydrogens (primary N) is 1. The predicted molar refractivity (Wildman–Crippen MR) is 72.7 cm³/mol. The minimum atomic E-state index is -0.826. The van der Waals surface area contributed by atoms with E-state index in [0.29, 0.717) is 18.5 Å². The number of hydrogen-bond acceptors (Lipinski definition) is 4. The van der Waals surface area contributed by atoms with Crippen LogP contribution in [0.2, 0.25) is 0 Å². The quantitative estimate of drug-likeness (QED) is 0.368. The van der Waals surface area contributed by atoms with E-state index in [2.05, 4.69) is 10.0 Å². The lowest BCUT2D eigenvalue weighted by Crippen LogP contribution is -2.31. The number of rotatable bonds is 6. The maximum atomic E-state index is 12.0. The number of hydrogen-bond donors (Lipinski definition) is 1. The number of nitrogens with zero attached hydrogens (tertiary/aromatic N) is 3. The van der Waals surface area contributed by atoms with Crippen LogP contribution in [0.15, 0.2) is 29.4 Å². The molecule has 0 spiro atoms. The third kappa shape index (κ3) is 4.99. The molecule has 0 amide bonds. The van der Waals surface area contributed by atoms with E-state index >= 15 is 0 Å². The van der Waals surface area contributed by atoms with Crippen LogP contribution in [0, 0.1) is 0 Å². The highest BCUT2D eigenvalue weighted by Gasteiger charge is 2.22. The second kappa shape index (κ2) is 6.78. The fraction of sp³-hybridized carbons (Fsp3) is 0.462. The Bertz CT molecular complexity index is 493. The van der Waals surface area contributed by atoms with Gasteiger partial charge in [-0.25, -0.2) is 4.79 Å². The first kappa shape index (κ1) is 15.0. The highest BCUT2D eigenvalue weighted by molar-refractivity contribution is 5.89. The minimum Gasteiger partial charge on any atom is -0.456 e. The highest BCUT2D eigenvalue weighted by atomic mass is 16.6. The number of azide groups is 1. The first-order chi connectivity index (χ1) is 8.98. The van der Waals surface area contributed by atoms with Crippen molar-refractivity contribution in [3.05, 3.63) is 45.8 Å². The Kier molecular flexibility index (Phi) is 5.36. The number of benzene rings is 1. The van der Waals surface area contributed by atoms with Gasteiger partial charge in [-0.3, -0.25) is 0 Å². The second-order valence-electron chi connectivity index (χ2n) is 4.78. The van der Waals surface area contributed by atoms with E-state index in [1.807, 2.05) is 6.07 Å². The first-order valence-electron chi connectivity index (χ1n) is 6.02. The summed E-state index contributed by atoms with van der Waals surface area (Å²) in [5, 5.41) is 3.42. The molecule has 6 nitrogen and oxygen atoms in total. The predicted octanol–water partition coefficient (Wildman–Crippen LogP) is 2.43. The van der Waals surface area contributed by atoms with Gasteiger partial charge in [0, 0.05) is 4.91 Å². The summed E-state index contributed by atoms with van der Waals surface area (Å²) in [5.41, 5.74) is 14.4. The number of ether oxygens (including phenoxy) is 1. The summed E-state index contributed by atoms with van der Waals surface area (Å²) >= 11 is 0. The van der Waals surface area contributed by atoms with Gasteiger partial charge in [-0.05, 0) is 50.0 Å². The highest BCUT2D eigenvalue weighted by Crippen LogP contribution is 2.15. The molecule has 1 aromatic rings. The topological polar surface area (TPSA) is 101 Å². The molecule has 0 saturated heterocycles. The molecule has 0 fully saturated rings. The number of esters is 1. The lowest BCUT2D eigenvalue weighted by atomic mass is 10.1. The van der Waals surface area contributed by atoms with Gasteiger partial charge >= 0.3 is 5.97 Å². The van der Waals surface area contributed by atoms with Crippen LogP contribution in [0.4, 0.5) is 0 Å². The molecule has 1 rings (SSSR count). The fourth-order valence-corrected chi connectivity index (χ4v) is 1.56. The largest absolute Gasteiger partial charge is 0.456 e. The van der Waals surface area contributed by atoms with Crippen LogP contribution in [-0.2, 0) is 11.2 Å². The van der Waals surface area contributed by atoms with Crippen molar-refractivity contribution < 1.29 is 9.53 Å². The van der Waals surface area contributed by atoms with E-state index in [4.69, 9.17) is 16.0 Å². The van der Waals surface area contributed by atoms with Crippen molar-refractivity contribution in [2.45, 2.75) is 25.9 Å². The smallest absolute Gasteiger partial charge is 0.338 e. The summed E-state index contributed by atoms with van der Waals surface area (Å²) in [6, 6.07) is 7.15. The molecule has 19 heavy (non-hydrogen) atoms. The standard InChI is InChI=1S/C13H18N4O2/c1-13(2,9-16-17-15)19-12(18)11-5-3-4-10(8-11)6-7-14/h3-5,8H,6-7,9,14H2,1-2H3. The van der Waals surface area contributed by atoms with Gasteiger partial charge < -0.3 is 10.5 Å². The van der Waals surface area contributed by atoms with Crippen molar-refractivity contribution in [1.29, 1.82) is 0 Å². The molecular weight excluding hydrogens is 244 g/mol. The maximum absolute atomic E-state index is 12.0. The summed E-state index contributed by atoms with van der Waals surface area (Å²) in [6.07, 6.45) is 0.712. The van der Waals surface area contributed by atoms with E-state index in [-0.39, 0.29) is 6.54 Å². The molecule has 102 valence electrons. The SMILES string of the molecule is CC(C)(CN=[N+]=[N-])OC(=O)c1cccc(CCN)c1. The Hall–Kier alpha value is -2.04. The molecule has 2 N–H and O–H groups in total. The van der Waals surface area contributed by atoms with Crippen LogP contribution in [-0.4, -0.2) is 24.7 Å². The summed E-state index contributed by atoms with van der Waals surface area (Å²) in [4.78, 5) is 14.7. The van der Waals surface area contributed by atoms with Crippen molar-refractivity contribution in [2.24, 2.45) is 10.8 Å². The van der Waals surface area contributed by atoms with Crippen molar-refractivity contribution in [3.63, 3.8) is 0 Å². The van der Waals surface area contributed by atoms with Crippen LogP contribution in [0.3, 0.4) is 0 Å². The van der Waals surface area contributed by atoms with Crippen LogP contribution in [0.1, 0.15) is 29.8 Å². The summed E-state index contributed by atoms with van der Waals surface area (Å²) in [6.45, 7) is 4.02. The van der Waals surface area contributed by atoms with Gasteiger partial charge in [-0.2, -0.15) is 0 Å². The van der Waals surface area contributed by atoms with Gasteiger partial charge in [0.25, 0.3) is 0 Å². The van der Waals surface area contributed by atoms with Crippen LogP contribution in [0.5, 0.6) is 0 Å². The Morgan fingerprint density at radius 2 is 2.26 bits per heavy atom. The fourth-order valence-electron chi connectivity index (χ4n) is 1.56. The molecule has 0 saturated carbocycles. The van der Waals surface area contributed by atoms with Gasteiger partial charge in [0.2, 0.25) is 0 Å². The zero-order valence-electron chi connectivity index (χ0n) is 11.2. The lowest BCUT2D eigenvalue weighted by molar-refractivity contribution is 0.00298. The second-order valence-corrected chi connectivity index (χ2v) is 4.78. The van der Waals surface area contributed by atoms with E-state index in [1.54, 1.807) is 32.0 Å². The Labute approximate surface area is 112 Å². The Morgan fingerprint density at radius 3 is 2.89 bits per heavy atom. The third-order valence-corrected chi connectivity index (χ3v) is 2.48. The van der Waals surface area contributed by atoms with Crippen molar-refractivity contribution >= 4 is 5.97 Å². The van der Waals surface area contributed by atoms with Gasteiger partial charge in [0.1, 0.15) is 5.60 Å². The molecule has 0 aliphatic carbocycles. The van der Waals surface area contributed by atoms with Crippen LogP contribution < -0.4 is 5.73 Å². The molecular formula is C13H18N4O2. The molecule has 0 unspecified atom stereocenters. The van der Waals surface area contributed by atoms with Gasteiger partial charge in [0.05, 0.1) is 12.1 Å². The van der Waals surface area contributed by atoms with Gasteiger partial charge in [-0.15, -0.1) is 0 Å². The van der Waals surface area contributed by atoms with Crippen LogP contribution in [0.25, 0.3) is 10.4 Å². The zero-order chi connectivity index (χ0) is 14.3. The van der Waals surface area contributed by atoms with Crippen molar-refractivity contribution in [3.8, 4) is 0 Å². The lowest BCUT2D eigenvalue weighted by Gasteiger charge is -2.23. The minimum absolute atomic E-state index is 0.0950. The summed E-state index contributed by atoms with van der Waals surface area (Å²) < 4.78 is 5.32. The summed E-state index contributed by atoms with van der Waals surface area (Å²) in [7, 11) is 0. The Balaban J connectivity index is 2.77. The third-order valence-electron chi connectivity index (χ3n) is 2.48. The van der Waals surface area contributed by atoms with E-state index in [1.165, 1.54) is 0 Å². The maximum Gasteiger partial charge on any atom is 0.338 e. The molecule has 0 atom stereocenters. The number of carbonyl (C=O) groups is 1. The van der Waals surface area contributed by atoms with Crippen LogP contribution >= 0.6 is 0 Å². The monoisotopic (exact) mass is 262 g/mol. The van der Waals surface area contributed by atoms with Gasteiger partial charge in [-0.1, -0.05) is 17.2 Å². The van der Waals surface area contributed by atoms with E-state index < -0.39 is 11.6 Å². The first-order valence-corrected chi connectivity index (χ1v) is 6.02. The molecule has 0 radical (unpaired) electrons. The Morgan fingerprint density at radius 1 is 1.53 bits per heavy atom. The van der Waals surface area contributed by atoms with Gasteiger partial charge in [0.15, 0.2) is 0 Å². The zero-order valence-corrected chi connectivity index (χ0v) is 11.2. The molecule has 0 heterocycles. The molecule has 0 aromatic heterocycles. The number of carbonyl (C=O) groups excluding carboxylic acids is 1. The molecule has 1 aromatic carbocycles. The van der Waals surface area contributed by atoms with E-state index in [0.717, 1.165) is 5.56 Å². The molecule has 0 aliphatic heterocycles. The molecule has 6 heteroatoms. The average Bonchev–Trinajstić information content (AvgIpc) is 2.37. The van der Waals surface area contributed by atoms with Crippen molar-refractivity contribution in [2.75, 3.05) is 13.1 Å². The average molecular weight is 262 g/mol. The summed E-state index contributed by atoms with van der Waals surface area (Å²) in [5.74, 6) is -0.433.